The fraction of sp³-hybridized carbons (Fsp3) is 0.875. The fourth-order valence-corrected chi connectivity index (χ4v) is 2.31. The van der Waals surface area contributed by atoms with Gasteiger partial charge in [0.25, 0.3) is 0 Å². The first-order chi connectivity index (χ1) is 5.88. The van der Waals surface area contributed by atoms with E-state index in [1.165, 1.54) is 0 Å². The second-order valence-corrected chi connectivity index (χ2v) is 5.86. The Morgan fingerprint density at radius 2 is 2.15 bits per heavy atom. The summed E-state index contributed by atoms with van der Waals surface area (Å²) in [6, 6.07) is 0. The molecule has 1 N–H and O–H groups in total. The molecule has 0 spiro atoms. The molecule has 0 aromatic carbocycles. The summed E-state index contributed by atoms with van der Waals surface area (Å²) >= 11 is 0. The van der Waals surface area contributed by atoms with Crippen LogP contribution in [0.4, 0.5) is 4.79 Å². The molecule has 5 heteroatoms. The number of nitrogens with zero attached hydrogens (tertiary/aromatic N) is 1. The zero-order valence-corrected chi connectivity index (χ0v) is 9.17. The van der Waals surface area contributed by atoms with Gasteiger partial charge in [0.05, 0.1) is 6.29 Å². The number of hydrogen-bond acceptors (Lipinski definition) is 3. The van der Waals surface area contributed by atoms with E-state index in [9.17, 15) is 9.69 Å². The average molecular weight is 205 g/mol. The van der Waals surface area contributed by atoms with E-state index in [1.807, 2.05) is 20.8 Å². The Morgan fingerprint density at radius 1 is 1.54 bits per heavy atom. The van der Waals surface area contributed by atoms with Crippen molar-refractivity contribution in [3.63, 3.8) is 0 Å². The minimum Gasteiger partial charge on any atom is -0.444 e. The van der Waals surface area contributed by atoms with Gasteiger partial charge < -0.3 is 14.5 Å². The Bertz CT molecular complexity index is 202. The molecular weight excluding hydrogens is 189 g/mol. The van der Waals surface area contributed by atoms with E-state index in [0.29, 0.717) is 19.0 Å². The predicted molar refractivity (Wildman–Crippen MR) is 51.8 cm³/mol. The van der Waals surface area contributed by atoms with Crippen molar-refractivity contribution in [3.8, 4) is 0 Å². The van der Waals surface area contributed by atoms with Gasteiger partial charge in [-0.15, -0.1) is 0 Å². The molecule has 1 heterocycles. The van der Waals surface area contributed by atoms with Gasteiger partial charge in [0.15, 0.2) is 0 Å². The summed E-state index contributed by atoms with van der Waals surface area (Å²) in [7, 11) is -0.953. The first kappa shape index (κ1) is 10.7. The molecule has 4 nitrogen and oxygen atoms in total. The van der Waals surface area contributed by atoms with Gasteiger partial charge in [0.1, 0.15) is 5.60 Å². The van der Waals surface area contributed by atoms with Crippen LogP contribution in [0.3, 0.4) is 0 Å². The van der Waals surface area contributed by atoms with Gasteiger partial charge >= 0.3 is 6.09 Å². The molecule has 0 bridgehead atoms. The van der Waals surface area contributed by atoms with Crippen molar-refractivity contribution in [3.05, 3.63) is 0 Å². The highest BCUT2D eigenvalue weighted by atomic mass is 31.1. The predicted octanol–water partition coefficient (Wildman–Crippen LogP) is 1.58. The molecule has 0 aromatic rings. The van der Waals surface area contributed by atoms with Gasteiger partial charge in [-0.2, -0.15) is 0 Å². The van der Waals surface area contributed by atoms with Gasteiger partial charge in [-0.25, -0.2) is 4.79 Å². The quantitative estimate of drug-likeness (QED) is 0.611. The van der Waals surface area contributed by atoms with Crippen LogP contribution in [0.2, 0.25) is 0 Å². The first-order valence-corrected chi connectivity index (χ1v) is 5.97. The highest BCUT2D eigenvalue weighted by Gasteiger charge is 2.28. The third-order valence-electron chi connectivity index (χ3n) is 1.61. The number of carbonyl (C=O) groups excluding carboxylic acids is 1. The number of rotatable bonds is 0. The maximum absolute atomic E-state index is 11.4. The van der Waals surface area contributed by atoms with Crippen LogP contribution in [-0.2, 0) is 4.74 Å². The van der Waals surface area contributed by atoms with Crippen LogP contribution in [0.25, 0.3) is 0 Å². The monoisotopic (exact) mass is 205 g/mol. The lowest BCUT2D eigenvalue weighted by atomic mass is 10.2. The molecule has 0 radical (unpaired) electrons. The smallest absolute Gasteiger partial charge is 0.410 e. The Hall–Kier alpha value is -0.340. The standard InChI is InChI=1S/C8H16NO3P/c1-8(2,3)12-7(10)9-4-5-13(11)6-9/h11H,4-6H2,1-3H3. The third kappa shape index (κ3) is 3.49. The van der Waals surface area contributed by atoms with E-state index in [1.54, 1.807) is 4.90 Å². The molecule has 1 atom stereocenters. The maximum Gasteiger partial charge on any atom is 0.410 e. The Morgan fingerprint density at radius 3 is 2.54 bits per heavy atom. The number of ether oxygens (including phenoxy) is 1. The molecule has 1 fully saturated rings. The van der Waals surface area contributed by atoms with Gasteiger partial charge in [-0.05, 0) is 20.8 Å². The molecule has 1 unspecified atom stereocenters. The Kier molecular flexibility index (Phi) is 3.14. The summed E-state index contributed by atoms with van der Waals surface area (Å²) in [6.07, 6.45) is 0.866. The van der Waals surface area contributed by atoms with Gasteiger partial charge in [0, 0.05) is 20.9 Å². The van der Waals surface area contributed by atoms with Crippen LogP contribution in [0.1, 0.15) is 20.8 Å². The zero-order chi connectivity index (χ0) is 10.1. The van der Waals surface area contributed by atoms with Gasteiger partial charge in [-0.3, -0.25) is 0 Å². The van der Waals surface area contributed by atoms with Crippen LogP contribution in [0, 0.1) is 0 Å². The van der Waals surface area contributed by atoms with E-state index < -0.39 is 13.7 Å². The van der Waals surface area contributed by atoms with Crippen LogP contribution in [0.5, 0.6) is 0 Å². The molecule has 76 valence electrons. The summed E-state index contributed by atoms with van der Waals surface area (Å²) < 4.78 is 5.16. The lowest BCUT2D eigenvalue weighted by Crippen LogP contribution is -2.34. The van der Waals surface area contributed by atoms with Gasteiger partial charge in [0.2, 0.25) is 0 Å². The second-order valence-electron chi connectivity index (χ2n) is 4.12. The third-order valence-corrected chi connectivity index (χ3v) is 3.00. The summed E-state index contributed by atoms with van der Waals surface area (Å²) in [5.41, 5.74) is -0.447. The minimum atomic E-state index is -0.953. The van der Waals surface area contributed by atoms with E-state index in [-0.39, 0.29) is 6.09 Å². The van der Waals surface area contributed by atoms with Crippen LogP contribution in [0.15, 0.2) is 0 Å². The Balaban J connectivity index is 2.41. The highest BCUT2D eigenvalue weighted by Crippen LogP contribution is 2.36. The fourth-order valence-electron chi connectivity index (χ4n) is 1.05. The largest absolute Gasteiger partial charge is 0.444 e. The average Bonchev–Trinajstić information content (AvgIpc) is 2.31. The van der Waals surface area contributed by atoms with Crippen molar-refractivity contribution in [1.29, 1.82) is 0 Å². The van der Waals surface area contributed by atoms with Crippen molar-refractivity contribution >= 4 is 14.2 Å². The SMILES string of the molecule is CC(C)(C)OC(=O)N1CCP(O)C1. The van der Waals surface area contributed by atoms with E-state index in [4.69, 9.17) is 4.74 Å². The van der Waals surface area contributed by atoms with E-state index in [0.717, 1.165) is 0 Å². The first-order valence-electron chi connectivity index (χ1n) is 4.30. The molecule has 1 aliphatic rings. The minimum absolute atomic E-state index is 0.313. The van der Waals surface area contributed by atoms with Gasteiger partial charge in [-0.1, -0.05) is 0 Å². The van der Waals surface area contributed by atoms with Crippen LogP contribution >= 0.6 is 8.15 Å². The molecule has 0 aliphatic carbocycles. The highest BCUT2D eigenvalue weighted by molar-refractivity contribution is 7.51. The number of carbonyl (C=O) groups is 1. The molecule has 1 saturated heterocycles. The molecule has 0 aromatic heterocycles. The molecule has 1 amide bonds. The Labute approximate surface area is 79.7 Å². The number of amides is 1. The van der Waals surface area contributed by atoms with Crippen molar-refractivity contribution in [2.45, 2.75) is 26.4 Å². The topological polar surface area (TPSA) is 49.8 Å². The summed E-state index contributed by atoms with van der Waals surface area (Å²) in [6.45, 7) is 6.13. The van der Waals surface area contributed by atoms with E-state index >= 15 is 0 Å². The van der Waals surface area contributed by atoms with Crippen molar-refractivity contribution in [2.75, 3.05) is 19.0 Å². The van der Waals surface area contributed by atoms with Crippen molar-refractivity contribution in [1.82, 2.24) is 4.90 Å². The van der Waals surface area contributed by atoms with Crippen LogP contribution < -0.4 is 0 Å². The lowest BCUT2D eigenvalue weighted by molar-refractivity contribution is 0.0306. The molecular formula is C8H16NO3P. The van der Waals surface area contributed by atoms with Crippen molar-refractivity contribution in [2.24, 2.45) is 0 Å². The molecule has 13 heavy (non-hydrogen) atoms. The summed E-state index contributed by atoms with van der Waals surface area (Å²) in [4.78, 5) is 22.2. The normalized spacial score (nSPS) is 23.4. The second kappa shape index (κ2) is 3.81. The molecule has 1 rings (SSSR count). The zero-order valence-electron chi connectivity index (χ0n) is 8.28. The lowest BCUT2D eigenvalue weighted by Gasteiger charge is -2.23. The molecule has 0 saturated carbocycles. The summed E-state index contributed by atoms with van der Waals surface area (Å²) in [5, 5.41) is 0. The summed E-state index contributed by atoms with van der Waals surface area (Å²) in [5.74, 6) is 0. The maximum atomic E-state index is 11.4. The number of hydrogen-bond donors (Lipinski definition) is 1. The van der Waals surface area contributed by atoms with Crippen molar-refractivity contribution < 1.29 is 14.4 Å². The van der Waals surface area contributed by atoms with Crippen LogP contribution in [-0.4, -0.2) is 40.5 Å². The van der Waals surface area contributed by atoms with E-state index in [2.05, 4.69) is 0 Å². The molecule has 1 aliphatic heterocycles.